The number of nitro groups is 1. The van der Waals surface area contributed by atoms with Crippen LogP contribution in [0.3, 0.4) is 0 Å². The number of aromatic nitrogens is 2. The number of para-hydroxylation sites is 1. The van der Waals surface area contributed by atoms with Gasteiger partial charge in [0, 0.05) is 17.6 Å². The summed E-state index contributed by atoms with van der Waals surface area (Å²) in [6, 6.07) is 12.6. The summed E-state index contributed by atoms with van der Waals surface area (Å²) in [5.41, 5.74) is -0.0255. The molecule has 1 unspecified atom stereocenters. The number of benzene rings is 2. The van der Waals surface area contributed by atoms with Crippen LogP contribution in [0.4, 0.5) is 5.69 Å². The number of carbonyl (C=O) groups excluding carboxylic acids is 1. The number of fused-ring (bicyclic) bond motifs is 3. The van der Waals surface area contributed by atoms with Crippen LogP contribution >= 0.6 is 0 Å². The minimum atomic E-state index is -4.53. The van der Waals surface area contributed by atoms with Crippen LogP contribution in [0.25, 0.3) is 11.0 Å². The molecule has 4 aromatic rings. The number of amides is 1. The smallest absolute Gasteiger partial charge is 0.312 e. The topological polar surface area (TPSA) is 194 Å². The third-order valence-corrected chi connectivity index (χ3v) is 9.24. The summed E-state index contributed by atoms with van der Waals surface area (Å²) in [4.78, 5) is 30.8. The van der Waals surface area contributed by atoms with E-state index in [-0.39, 0.29) is 41.4 Å². The third kappa shape index (κ3) is 5.15. The molecule has 2 saturated carbocycles. The molecule has 2 aromatic carbocycles. The Kier molecular flexibility index (Phi) is 7.04. The van der Waals surface area contributed by atoms with Gasteiger partial charge in [0.15, 0.2) is 5.75 Å². The van der Waals surface area contributed by atoms with Gasteiger partial charge in [-0.05, 0) is 67.0 Å². The average Bonchev–Trinajstić information content (AvgIpc) is 3.68. The highest BCUT2D eigenvalue weighted by Crippen LogP contribution is 2.49. The summed E-state index contributed by atoms with van der Waals surface area (Å²) in [6.07, 6.45) is 2.81. The van der Waals surface area contributed by atoms with Crippen LogP contribution in [0.15, 0.2) is 71.9 Å². The summed E-state index contributed by atoms with van der Waals surface area (Å²) in [6.45, 7) is 0.0674. The van der Waals surface area contributed by atoms with E-state index in [9.17, 15) is 33.5 Å². The quantitative estimate of drug-likeness (QED) is 0.165. The van der Waals surface area contributed by atoms with Crippen LogP contribution in [0.1, 0.15) is 23.2 Å². The molecule has 218 valence electrons. The maximum Gasteiger partial charge on any atom is 0.312 e. The van der Waals surface area contributed by atoms with E-state index in [1.165, 1.54) is 24.4 Å². The molecule has 2 bridgehead atoms. The summed E-state index contributed by atoms with van der Waals surface area (Å²) in [5, 5.41) is 32.7. The normalized spacial score (nSPS) is 23.1. The minimum absolute atomic E-state index is 0.0419. The number of aromatic amines is 1. The lowest BCUT2D eigenvalue weighted by Gasteiger charge is -2.29. The lowest BCUT2D eigenvalue weighted by molar-refractivity contribution is -0.386. The van der Waals surface area contributed by atoms with E-state index in [0.717, 1.165) is 23.6 Å². The molecule has 2 aliphatic carbocycles. The average molecular weight is 595 g/mol. The first-order valence-electron chi connectivity index (χ1n) is 13.2. The molecule has 2 aliphatic rings. The van der Waals surface area contributed by atoms with Crippen molar-refractivity contribution in [2.75, 3.05) is 6.61 Å². The predicted molar refractivity (Wildman–Crippen MR) is 148 cm³/mol. The summed E-state index contributed by atoms with van der Waals surface area (Å²) in [5.74, 6) is -1.05. The molecule has 0 radical (unpaired) electrons. The molecule has 4 N–H and O–H groups in total. The number of ether oxygens (including phenoxy) is 2. The number of sulfonamides is 1. The Morgan fingerprint density at radius 1 is 1.10 bits per heavy atom. The highest BCUT2D eigenvalue weighted by molar-refractivity contribution is 7.90. The van der Waals surface area contributed by atoms with Gasteiger partial charge in [0.05, 0.1) is 40.4 Å². The second-order valence-electron chi connectivity index (χ2n) is 10.5. The van der Waals surface area contributed by atoms with Crippen molar-refractivity contribution in [2.24, 2.45) is 17.8 Å². The van der Waals surface area contributed by atoms with Crippen molar-refractivity contribution in [1.29, 1.82) is 0 Å². The molecular formula is C28H26N4O9S. The molecule has 0 saturated heterocycles. The predicted octanol–water partition coefficient (Wildman–Crippen LogP) is 3.14. The lowest BCUT2D eigenvalue weighted by atomic mass is 9.85. The van der Waals surface area contributed by atoms with Crippen LogP contribution in [-0.4, -0.2) is 58.2 Å². The first kappa shape index (κ1) is 27.6. The maximum absolute atomic E-state index is 13.1. The molecule has 2 fully saturated rings. The summed E-state index contributed by atoms with van der Waals surface area (Å²) in [7, 11) is -4.53. The number of aliphatic hydroxyl groups is 2. The first-order chi connectivity index (χ1) is 20.1. The van der Waals surface area contributed by atoms with E-state index < -0.39 is 43.6 Å². The van der Waals surface area contributed by atoms with Gasteiger partial charge in [-0.3, -0.25) is 14.9 Å². The summed E-state index contributed by atoms with van der Waals surface area (Å²) < 4.78 is 39.7. The fourth-order valence-corrected chi connectivity index (χ4v) is 6.82. The van der Waals surface area contributed by atoms with Crippen LogP contribution < -0.4 is 14.2 Å². The monoisotopic (exact) mass is 594 g/mol. The standard InChI is InChI=1S/C28H26N4O9S/c33-25-16-9-17(21(11-16)26(25)34)14-40-24-6-5-19(12-22(24)32(36)37)42(38,39)31-28(35)20-3-1-2-4-23(20)41-18-10-15-7-8-29-27(15)30-13-18/h1-8,10,12-13,16-17,21,25-26,33-34H,9,11,14H2,(H,29,30)(H,31,35)/t16-,17?,21-,25-,26+/m1/s1. The number of nitrogens with zero attached hydrogens (tertiary/aromatic N) is 2. The van der Waals surface area contributed by atoms with Gasteiger partial charge in [0.25, 0.3) is 15.9 Å². The zero-order valence-corrected chi connectivity index (χ0v) is 22.7. The zero-order chi connectivity index (χ0) is 29.6. The molecule has 14 heteroatoms. The number of rotatable bonds is 9. The molecule has 1 amide bonds. The molecule has 42 heavy (non-hydrogen) atoms. The van der Waals surface area contributed by atoms with Crippen molar-refractivity contribution in [2.45, 2.75) is 29.9 Å². The third-order valence-electron chi connectivity index (χ3n) is 7.91. The van der Waals surface area contributed by atoms with Crippen molar-refractivity contribution in [1.82, 2.24) is 14.7 Å². The Morgan fingerprint density at radius 3 is 2.67 bits per heavy atom. The van der Waals surface area contributed by atoms with Gasteiger partial charge in [0.1, 0.15) is 17.1 Å². The molecule has 2 heterocycles. The Labute approximate surface area is 239 Å². The van der Waals surface area contributed by atoms with Gasteiger partial charge in [0.2, 0.25) is 0 Å². The van der Waals surface area contributed by atoms with Crippen molar-refractivity contribution < 1.29 is 37.8 Å². The second kappa shape index (κ2) is 10.7. The molecule has 0 aliphatic heterocycles. The van der Waals surface area contributed by atoms with E-state index in [0.29, 0.717) is 24.2 Å². The van der Waals surface area contributed by atoms with Gasteiger partial charge in [-0.15, -0.1) is 0 Å². The summed E-state index contributed by atoms with van der Waals surface area (Å²) >= 11 is 0. The first-order valence-corrected chi connectivity index (χ1v) is 14.6. The number of nitro benzene ring substituents is 1. The van der Waals surface area contributed by atoms with E-state index in [1.54, 1.807) is 24.4 Å². The maximum atomic E-state index is 13.1. The van der Waals surface area contributed by atoms with Gasteiger partial charge < -0.3 is 24.7 Å². The van der Waals surface area contributed by atoms with Crippen molar-refractivity contribution in [3.8, 4) is 17.2 Å². The number of nitrogens with one attached hydrogen (secondary N) is 2. The molecule has 0 spiro atoms. The zero-order valence-electron chi connectivity index (χ0n) is 21.9. The highest BCUT2D eigenvalue weighted by Gasteiger charge is 2.51. The molecular weight excluding hydrogens is 568 g/mol. The van der Waals surface area contributed by atoms with Gasteiger partial charge in [-0.2, -0.15) is 0 Å². The Bertz CT molecular complexity index is 1790. The number of hydrogen-bond acceptors (Lipinski definition) is 10. The largest absolute Gasteiger partial charge is 0.487 e. The van der Waals surface area contributed by atoms with Crippen molar-refractivity contribution in [3.63, 3.8) is 0 Å². The number of pyridine rings is 1. The number of aliphatic hydroxyl groups excluding tert-OH is 2. The molecule has 2 aromatic heterocycles. The molecule has 5 atom stereocenters. The van der Waals surface area contributed by atoms with Crippen LogP contribution in [0.2, 0.25) is 0 Å². The lowest BCUT2D eigenvalue weighted by Crippen LogP contribution is -2.38. The van der Waals surface area contributed by atoms with Crippen molar-refractivity contribution >= 4 is 32.7 Å². The minimum Gasteiger partial charge on any atom is -0.487 e. The highest BCUT2D eigenvalue weighted by atomic mass is 32.2. The van der Waals surface area contributed by atoms with E-state index in [1.807, 2.05) is 4.72 Å². The van der Waals surface area contributed by atoms with Crippen LogP contribution in [-0.2, 0) is 10.0 Å². The van der Waals surface area contributed by atoms with E-state index in [4.69, 9.17) is 9.47 Å². The van der Waals surface area contributed by atoms with Crippen molar-refractivity contribution in [3.05, 3.63) is 82.7 Å². The Hall–Kier alpha value is -4.53. The van der Waals surface area contributed by atoms with Gasteiger partial charge in [-0.1, -0.05) is 12.1 Å². The number of carbonyl (C=O) groups is 1. The fourth-order valence-electron chi connectivity index (χ4n) is 5.83. The van der Waals surface area contributed by atoms with E-state index in [2.05, 4.69) is 9.97 Å². The Balaban J connectivity index is 1.18. The second-order valence-corrected chi connectivity index (χ2v) is 12.1. The van der Waals surface area contributed by atoms with Gasteiger partial charge in [-0.25, -0.2) is 18.1 Å². The van der Waals surface area contributed by atoms with E-state index >= 15 is 0 Å². The van der Waals surface area contributed by atoms with Crippen LogP contribution in [0.5, 0.6) is 17.2 Å². The Morgan fingerprint density at radius 2 is 1.90 bits per heavy atom. The van der Waals surface area contributed by atoms with Gasteiger partial charge >= 0.3 is 5.69 Å². The fraction of sp³-hybridized carbons (Fsp3) is 0.286. The number of hydrogen-bond donors (Lipinski definition) is 4. The van der Waals surface area contributed by atoms with Crippen LogP contribution in [0, 0.1) is 27.9 Å². The number of H-pyrrole nitrogens is 1. The molecule has 6 rings (SSSR count). The molecule has 13 nitrogen and oxygen atoms in total. The SMILES string of the molecule is O=C(NS(=O)(=O)c1ccc(OCC2C[C@@H]3C[C@H]2[C@H](O)[C@@H]3O)c([N+](=O)[O-])c1)c1ccccc1Oc1cnc2[nH]ccc2c1.